The predicted molar refractivity (Wildman–Crippen MR) is 69.2 cm³/mol. The lowest BCUT2D eigenvalue weighted by molar-refractivity contribution is 0.413. The van der Waals surface area contributed by atoms with Gasteiger partial charge in [-0.25, -0.2) is 4.98 Å². The number of pyridine rings is 1. The van der Waals surface area contributed by atoms with Crippen LogP contribution >= 0.6 is 11.8 Å². The fraction of sp³-hybridized carbons (Fsp3) is 0.154. The van der Waals surface area contributed by atoms with Gasteiger partial charge in [-0.3, -0.25) is 0 Å². The van der Waals surface area contributed by atoms with E-state index in [1.54, 1.807) is 25.1 Å². The van der Waals surface area contributed by atoms with Crippen LogP contribution in [-0.4, -0.2) is 12.1 Å². The summed E-state index contributed by atoms with van der Waals surface area (Å²) in [5.74, 6) is 0.834. The van der Waals surface area contributed by atoms with Crippen LogP contribution in [0.25, 0.3) is 0 Å². The molecule has 0 fully saturated rings. The van der Waals surface area contributed by atoms with Crippen molar-refractivity contribution in [3.8, 4) is 5.75 Å². The fourth-order valence-corrected chi connectivity index (χ4v) is 2.39. The van der Waals surface area contributed by atoms with Gasteiger partial charge in [0.05, 0.1) is 7.11 Å². The van der Waals surface area contributed by atoms with Crippen LogP contribution in [0, 0.1) is 0 Å². The monoisotopic (exact) mass is 246 g/mol. The Hall–Kier alpha value is -1.52. The van der Waals surface area contributed by atoms with Crippen LogP contribution in [0.2, 0.25) is 0 Å². The molecular formula is C13H14N2OS. The van der Waals surface area contributed by atoms with Crippen LogP contribution in [0.15, 0.2) is 52.5 Å². The average Bonchev–Trinajstić information content (AvgIpc) is 2.40. The van der Waals surface area contributed by atoms with Crippen molar-refractivity contribution in [1.82, 2.24) is 4.98 Å². The molecule has 2 aromatic rings. The Morgan fingerprint density at radius 1 is 1.29 bits per heavy atom. The summed E-state index contributed by atoms with van der Waals surface area (Å²) < 4.78 is 5.22. The maximum absolute atomic E-state index is 5.72. The number of methoxy groups -OCH3 is 1. The molecule has 2 rings (SSSR count). The number of aromatic nitrogens is 1. The molecule has 0 spiro atoms. The van der Waals surface area contributed by atoms with E-state index >= 15 is 0 Å². The zero-order chi connectivity index (χ0) is 12.1. The summed E-state index contributed by atoms with van der Waals surface area (Å²) in [4.78, 5) is 5.37. The van der Waals surface area contributed by atoms with Crippen molar-refractivity contribution in [3.05, 3.63) is 48.2 Å². The standard InChI is InChI=1S/C13H14N2OS/c1-16-11-6-5-10(9-14)12(8-11)17-13-4-2-3-7-15-13/h2-8H,9,14H2,1H3. The van der Waals surface area contributed by atoms with Crippen LogP contribution < -0.4 is 10.5 Å². The zero-order valence-electron chi connectivity index (χ0n) is 9.59. The normalized spacial score (nSPS) is 10.2. The highest BCUT2D eigenvalue weighted by Crippen LogP contribution is 2.31. The molecule has 0 aliphatic carbocycles. The van der Waals surface area contributed by atoms with Gasteiger partial charge in [0, 0.05) is 17.6 Å². The maximum Gasteiger partial charge on any atom is 0.120 e. The average molecular weight is 246 g/mol. The third-order valence-electron chi connectivity index (χ3n) is 2.35. The third-order valence-corrected chi connectivity index (χ3v) is 3.40. The van der Waals surface area contributed by atoms with E-state index in [0.717, 1.165) is 21.2 Å². The molecule has 1 aromatic heterocycles. The lowest BCUT2D eigenvalue weighted by Crippen LogP contribution is -1.98. The van der Waals surface area contributed by atoms with Crippen molar-refractivity contribution in [3.63, 3.8) is 0 Å². The van der Waals surface area contributed by atoms with Crippen molar-refractivity contribution < 1.29 is 4.74 Å². The Morgan fingerprint density at radius 2 is 2.18 bits per heavy atom. The quantitative estimate of drug-likeness (QED) is 0.901. The molecule has 1 aromatic carbocycles. The summed E-state index contributed by atoms with van der Waals surface area (Å²) in [5, 5.41) is 0.954. The second-order valence-corrected chi connectivity index (χ2v) is 4.51. The van der Waals surface area contributed by atoms with Crippen LogP contribution in [0.1, 0.15) is 5.56 Å². The molecule has 2 N–H and O–H groups in total. The lowest BCUT2D eigenvalue weighted by Gasteiger charge is -2.09. The van der Waals surface area contributed by atoms with E-state index in [1.807, 2.05) is 36.4 Å². The molecular weight excluding hydrogens is 232 g/mol. The number of nitrogens with zero attached hydrogens (tertiary/aromatic N) is 1. The van der Waals surface area contributed by atoms with Gasteiger partial charge < -0.3 is 10.5 Å². The molecule has 3 nitrogen and oxygen atoms in total. The minimum absolute atomic E-state index is 0.513. The van der Waals surface area contributed by atoms with Crippen LogP contribution in [0.5, 0.6) is 5.75 Å². The molecule has 17 heavy (non-hydrogen) atoms. The van der Waals surface area contributed by atoms with E-state index in [0.29, 0.717) is 6.54 Å². The molecule has 0 unspecified atom stereocenters. The molecule has 0 radical (unpaired) electrons. The Kier molecular flexibility index (Phi) is 4.01. The Balaban J connectivity index is 2.30. The van der Waals surface area contributed by atoms with Crippen molar-refractivity contribution in [2.75, 3.05) is 7.11 Å². The van der Waals surface area contributed by atoms with Crippen molar-refractivity contribution in [2.45, 2.75) is 16.5 Å². The van der Waals surface area contributed by atoms with Crippen LogP contribution in [-0.2, 0) is 6.54 Å². The smallest absolute Gasteiger partial charge is 0.120 e. The number of benzene rings is 1. The highest BCUT2D eigenvalue weighted by atomic mass is 32.2. The van der Waals surface area contributed by atoms with Crippen molar-refractivity contribution >= 4 is 11.8 Å². The number of hydrogen-bond acceptors (Lipinski definition) is 4. The summed E-state index contributed by atoms with van der Waals surface area (Å²) in [6.07, 6.45) is 1.78. The minimum Gasteiger partial charge on any atom is -0.497 e. The second-order valence-electron chi connectivity index (χ2n) is 3.45. The van der Waals surface area contributed by atoms with E-state index in [1.165, 1.54) is 0 Å². The summed E-state index contributed by atoms with van der Waals surface area (Å²) in [6, 6.07) is 11.7. The molecule has 4 heteroatoms. The fourth-order valence-electron chi connectivity index (χ4n) is 1.45. The second kappa shape index (κ2) is 5.70. The first-order valence-electron chi connectivity index (χ1n) is 5.29. The molecule has 0 saturated carbocycles. The van der Waals surface area contributed by atoms with E-state index in [4.69, 9.17) is 10.5 Å². The van der Waals surface area contributed by atoms with Gasteiger partial charge in [0.15, 0.2) is 0 Å². The van der Waals surface area contributed by atoms with Gasteiger partial charge in [0.2, 0.25) is 0 Å². The topological polar surface area (TPSA) is 48.1 Å². The van der Waals surface area contributed by atoms with Gasteiger partial charge >= 0.3 is 0 Å². The Morgan fingerprint density at radius 3 is 2.82 bits per heavy atom. The minimum atomic E-state index is 0.513. The molecule has 88 valence electrons. The number of nitrogens with two attached hydrogens (primary N) is 1. The van der Waals surface area contributed by atoms with Gasteiger partial charge in [-0.2, -0.15) is 0 Å². The molecule has 0 amide bonds. The highest BCUT2D eigenvalue weighted by Gasteiger charge is 2.05. The Labute approximate surface area is 105 Å². The molecule has 0 saturated heterocycles. The van der Waals surface area contributed by atoms with E-state index in [2.05, 4.69) is 4.98 Å². The van der Waals surface area contributed by atoms with Gasteiger partial charge in [0.1, 0.15) is 10.8 Å². The number of rotatable bonds is 4. The van der Waals surface area contributed by atoms with E-state index in [-0.39, 0.29) is 0 Å². The summed E-state index contributed by atoms with van der Waals surface area (Å²) in [7, 11) is 1.66. The van der Waals surface area contributed by atoms with Crippen LogP contribution in [0.3, 0.4) is 0 Å². The first-order valence-corrected chi connectivity index (χ1v) is 6.11. The predicted octanol–water partition coefficient (Wildman–Crippen LogP) is 2.70. The van der Waals surface area contributed by atoms with E-state index < -0.39 is 0 Å². The first-order chi connectivity index (χ1) is 8.33. The molecule has 0 bridgehead atoms. The summed E-state index contributed by atoms with van der Waals surface area (Å²) >= 11 is 1.60. The molecule has 0 aliphatic heterocycles. The molecule has 0 atom stereocenters. The number of ether oxygens (including phenoxy) is 1. The van der Waals surface area contributed by atoms with Crippen LogP contribution in [0.4, 0.5) is 0 Å². The highest BCUT2D eigenvalue weighted by molar-refractivity contribution is 7.99. The largest absolute Gasteiger partial charge is 0.497 e. The number of hydrogen-bond donors (Lipinski definition) is 1. The maximum atomic E-state index is 5.72. The SMILES string of the molecule is COc1ccc(CN)c(Sc2ccccn2)c1. The van der Waals surface area contributed by atoms with E-state index in [9.17, 15) is 0 Å². The Bertz CT molecular complexity index is 488. The third kappa shape index (κ3) is 2.99. The lowest BCUT2D eigenvalue weighted by atomic mass is 10.2. The van der Waals surface area contributed by atoms with Gasteiger partial charge in [-0.1, -0.05) is 23.9 Å². The summed E-state index contributed by atoms with van der Waals surface area (Å²) in [5.41, 5.74) is 6.82. The van der Waals surface area contributed by atoms with Crippen molar-refractivity contribution in [2.24, 2.45) is 5.73 Å². The van der Waals surface area contributed by atoms with Crippen molar-refractivity contribution in [1.29, 1.82) is 0 Å². The first kappa shape index (κ1) is 12.0. The zero-order valence-corrected chi connectivity index (χ0v) is 10.4. The van der Waals surface area contributed by atoms with Gasteiger partial charge in [-0.15, -0.1) is 0 Å². The summed E-state index contributed by atoms with van der Waals surface area (Å²) in [6.45, 7) is 0.513. The van der Waals surface area contributed by atoms with Gasteiger partial charge in [-0.05, 0) is 29.8 Å². The molecule has 1 heterocycles. The van der Waals surface area contributed by atoms with Gasteiger partial charge in [0.25, 0.3) is 0 Å². The molecule has 0 aliphatic rings.